The molecule has 0 atom stereocenters. The summed E-state index contributed by atoms with van der Waals surface area (Å²) in [5.74, 6) is 0.724. The molecule has 0 saturated heterocycles. The largest absolute Gasteiger partial charge is 0.494 e. The van der Waals surface area contributed by atoms with Crippen molar-refractivity contribution in [2.24, 2.45) is 0 Å². The molecule has 1 heterocycles. The van der Waals surface area contributed by atoms with Gasteiger partial charge in [-0.3, -0.25) is 4.98 Å². The highest BCUT2D eigenvalue weighted by atomic mass is 16.5. The second kappa shape index (κ2) is 8.16. The molecule has 0 aliphatic heterocycles. The molecule has 3 aromatic rings. The second-order valence-electron chi connectivity index (χ2n) is 5.80. The van der Waals surface area contributed by atoms with Crippen LogP contribution in [0.1, 0.15) is 12.6 Å². The first-order valence-electron chi connectivity index (χ1n) is 8.48. The molecule has 0 saturated carbocycles. The highest BCUT2D eigenvalue weighted by Gasteiger charge is 2.05. The number of nitrogens with zero attached hydrogens (tertiary/aromatic N) is 1. The Morgan fingerprint density at radius 3 is 2.46 bits per heavy atom. The maximum absolute atomic E-state index is 12.2. The number of hydrogen-bond acceptors (Lipinski definition) is 3. The minimum Gasteiger partial charge on any atom is -0.494 e. The topological polar surface area (TPSA) is 63.2 Å². The fourth-order valence-electron chi connectivity index (χ4n) is 2.59. The number of aryl methyl sites for hydroxylation is 1. The van der Waals surface area contributed by atoms with Gasteiger partial charge < -0.3 is 15.4 Å². The van der Waals surface area contributed by atoms with Crippen molar-refractivity contribution in [1.29, 1.82) is 0 Å². The number of amides is 2. The third kappa shape index (κ3) is 4.60. The van der Waals surface area contributed by atoms with E-state index in [0.717, 1.165) is 28.3 Å². The molecule has 26 heavy (non-hydrogen) atoms. The monoisotopic (exact) mass is 347 g/mol. The minimum absolute atomic E-state index is 0.300. The predicted octanol–water partition coefficient (Wildman–Crippen LogP) is 5.10. The summed E-state index contributed by atoms with van der Waals surface area (Å²) in [4.78, 5) is 16.4. The van der Waals surface area contributed by atoms with E-state index in [4.69, 9.17) is 4.74 Å². The normalized spacial score (nSPS) is 10.2. The first kappa shape index (κ1) is 17.5. The van der Waals surface area contributed by atoms with E-state index in [1.807, 2.05) is 68.4 Å². The van der Waals surface area contributed by atoms with Crippen molar-refractivity contribution in [1.82, 2.24) is 4.98 Å². The van der Waals surface area contributed by atoms with Crippen LogP contribution >= 0.6 is 0 Å². The third-order valence-corrected chi connectivity index (χ3v) is 3.78. The van der Waals surface area contributed by atoms with Crippen LogP contribution in [0.15, 0.2) is 66.9 Å². The van der Waals surface area contributed by atoms with E-state index >= 15 is 0 Å². The van der Waals surface area contributed by atoms with Crippen LogP contribution in [0.25, 0.3) is 11.1 Å². The molecule has 132 valence electrons. The Kier molecular flexibility index (Phi) is 5.49. The lowest BCUT2D eigenvalue weighted by atomic mass is 10.1. The quantitative estimate of drug-likeness (QED) is 0.675. The van der Waals surface area contributed by atoms with Gasteiger partial charge in [0.2, 0.25) is 0 Å². The van der Waals surface area contributed by atoms with Crippen molar-refractivity contribution >= 4 is 17.4 Å². The van der Waals surface area contributed by atoms with Gasteiger partial charge in [-0.1, -0.05) is 18.2 Å². The molecule has 0 unspecified atom stereocenters. The Bertz CT molecular complexity index is 892. The molecule has 2 amide bonds. The van der Waals surface area contributed by atoms with Crippen LogP contribution in [-0.2, 0) is 0 Å². The van der Waals surface area contributed by atoms with Gasteiger partial charge in [-0.05, 0) is 61.4 Å². The fraction of sp³-hybridized carbons (Fsp3) is 0.143. The molecule has 0 spiro atoms. The van der Waals surface area contributed by atoms with E-state index in [0.29, 0.717) is 12.3 Å². The highest BCUT2D eigenvalue weighted by molar-refractivity contribution is 5.99. The summed E-state index contributed by atoms with van der Waals surface area (Å²) in [7, 11) is 0. The third-order valence-electron chi connectivity index (χ3n) is 3.78. The molecule has 5 heteroatoms. The SMILES string of the molecule is CCOc1cccc(NC(=O)Nc2ccc(-c3ccnc(C)c3)cc2)c1. The van der Waals surface area contributed by atoms with Crippen LogP contribution in [0.5, 0.6) is 5.75 Å². The minimum atomic E-state index is -0.300. The number of aromatic nitrogens is 1. The molecule has 1 aromatic heterocycles. The van der Waals surface area contributed by atoms with E-state index in [2.05, 4.69) is 15.6 Å². The van der Waals surface area contributed by atoms with Gasteiger partial charge >= 0.3 is 6.03 Å². The van der Waals surface area contributed by atoms with Crippen LogP contribution in [0, 0.1) is 6.92 Å². The summed E-state index contributed by atoms with van der Waals surface area (Å²) in [6, 6.07) is 18.7. The molecule has 5 nitrogen and oxygen atoms in total. The Morgan fingerprint density at radius 1 is 0.962 bits per heavy atom. The van der Waals surface area contributed by atoms with Gasteiger partial charge in [0.15, 0.2) is 0 Å². The highest BCUT2D eigenvalue weighted by Crippen LogP contribution is 2.22. The smallest absolute Gasteiger partial charge is 0.323 e. The molecule has 0 radical (unpaired) electrons. The summed E-state index contributed by atoms with van der Waals surface area (Å²) < 4.78 is 5.43. The van der Waals surface area contributed by atoms with Crippen molar-refractivity contribution in [2.75, 3.05) is 17.2 Å². The summed E-state index contributed by atoms with van der Waals surface area (Å²) in [6.45, 7) is 4.47. The number of pyridine rings is 1. The second-order valence-corrected chi connectivity index (χ2v) is 5.80. The van der Waals surface area contributed by atoms with Crippen molar-refractivity contribution < 1.29 is 9.53 Å². The Balaban J connectivity index is 1.63. The standard InChI is InChI=1S/C21H21N3O2/c1-3-26-20-6-4-5-19(14-20)24-21(25)23-18-9-7-16(8-10-18)17-11-12-22-15(2)13-17/h4-14H,3H2,1-2H3,(H2,23,24,25). The van der Waals surface area contributed by atoms with Crippen molar-refractivity contribution in [3.63, 3.8) is 0 Å². The average molecular weight is 347 g/mol. The van der Waals surface area contributed by atoms with Gasteiger partial charge in [0.1, 0.15) is 5.75 Å². The van der Waals surface area contributed by atoms with Gasteiger partial charge in [0.05, 0.1) is 6.61 Å². The van der Waals surface area contributed by atoms with Crippen LogP contribution in [0.4, 0.5) is 16.2 Å². The Morgan fingerprint density at radius 2 is 1.73 bits per heavy atom. The zero-order chi connectivity index (χ0) is 18.4. The van der Waals surface area contributed by atoms with Crippen molar-refractivity contribution in [3.8, 4) is 16.9 Å². The number of nitrogens with one attached hydrogen (secondary N) is 2. The van der Waals surface area contributed by atoms with Crippen molar-refractivity contribution in [3.05, 3.63) is 72.6 Å². The predicted molar refractivity (Wildman–Crippen MR) is 105 cm³/mol. The lowest BCUT2D eigenvalue weighted by Gasteiger charge is -2.10. The molecule has 2 N–H and O–H groups in total. The summed E-state index contributed by atoms with van der Waals surface area (Å²) in [6.07, 6.45) is 1.79. The number of urea groups is 1. The molecule has 0 aliphatic rings. The molecule has 0 fully saturated rings. The van der Waals surface area contributed by atoms with Crippen molar-refractivity contribution in [2.45, 2.75) is 13.8 Å². The molecule has 0 aliphatic carbocycles. The van der Waals surface area contributed by atoms with Gasteiger partial charge in [0, 0.05) is 29.3 Å². The average Bonchev–Trinajstić information content (AvgIpc) is 2.63. The lowest BCUT2D eigenvalue weighted by molar-refractivity contribution is 0.262. The zero-order valence-electron chi connectivity index (χ0n) is 14.8. The number of ether oxygens (including phenoxy) is 1. The lowest BCUT2D eigenvalue weighted by Crippen LogP contribution is -2.19. The maximum atomic E-state index is 12.2. The number of hydrogen-bond donors (Lipinski definition) is 2. The first-order chi connectivity index (χ1) is 12.6. The number of carbonyl (C=O) groups excluding carboxylic acids is 1. The summed E-state index contributed by atoms with van der Waals surface area (Å²) >= 11 is 0. The number of carbonyl (C=O) groups is 1. The molecule has 0 bridgehead atoms. The van der Waals surface area contributed by atoms with E-state index in [1.165, 1.54) is 0 Å². The van der Waals surface area contributed by atoms with Crippen LogP contribution in [0.2, 0.25) is 0 Å². The van der Waals surface area contributed by atoms with Gasteiger partial charge in [-0.15, -0.1) is 0 Å². The summed E-state index contributed by atoms with van der Waals surface area (Å²) in [5, 5.41) is 5.63. The molecule has 3 rings (SSSR count). The Hall–Kier alpha value is -3.34. The number of anilines is 2. The molecule has 2 aromatic carbocycles. The van der Waals surface area contributed by atoms with Gasteiger partial charge in [0.25, 0.3) is 0 Å². The van der Waals surface area contributed by atoms with Crippen LogP contribution < -0.4 is 15.4 Å². The van der Waals surface area contributed by atoms with E-state index < -0.39 is 0 Å². The fourth-order valence-corrected chi connectivity index (χ4v) is 2.59. The number of rotatable bonds is 5. The van der Waals surface area contributed by atoms with E-state index in [-0.39, 0.29) is 6.03 Å². The van der Waals surface area contributed by atoms with E-state index in [1.54, 1.807) is 12.3 Å². The van der Waals surface area contributed by atoms with E-state index in [9.17, 15) is 4.79 Å². The zero-order valence-corrected chi connectivity index (χ0v) is 14.8. The van der Waals surface area contributed by atoms with Crippen LogP contribution in [0.3, 0.4) is 0 Å². The Labute approximate surface area is 153 Å². The maximum Gasteiger partial charge on any atom is 0.323 e. The van der Waals surface area contributed by atoms with Gasteiger partial charge in [-0.2, -0.15) is 0 Å². The first-order valence-corrected chi connectivity index (χ1v) is 8.48. The van der Waals surface area contributed by atoms with Crippen LogP contribution in [-0.4, -0.2) is 17.6 Å². The number of benzene rings is 2. The van der Waals surface area contributed by atoms with Gasteiger partial charge in [-0.25, -0.2) is 4.79 Å². The molecular formula is C21H21N3O2. The summed E-state index contributed by atoms with van der Waals surface area (Å²) in [5.41, 5.74) is 4.54. The molecular weight excluding hydrogens is 326 g/mol.